The average Bonchev–Trinajstić information content (AvgIpc) is 3.15. The second-order valence-corrected chi connectivity index (χ2v) is 10.8. The molecular formula is C22H26Cl2N4O2S. The van der Waals surface area contributed by atoms with E-state index in [1.54, 1.807) is 6.07 Å². The van der Waals surface area contributed by atoms with Gasteiger partial charge in [0.05, 0.1) is 0 Å². The summed E-state index contributed by atoms with van der Waals surface area (Å²) in [6.07, 6.45) is 4.61. The smallest absolute Gasteiger partial charge is 0.227 e. The number of nitrogens with zero attached hydrogens (tertiary/aromatic N) is 3. The first-order valence-corrected chi connectivity index (χ1v) is 13.0. The molecule has 0 spiro atoms. The quantitative estimate of drug-likeness (QED) is 0.652. The van der Waals surface area contributed by atoms with Crippen molar-refractivity contribution < 1.29 is 9.29 Å². The fourth-order valence-corrected chi connectivity index (χ4v) is 6.54. The molecule has 4 heterocycles. The molecule has 5 rings (SSSR count). The number of benzene rings is 1. The second kappa shape index (κ2) is 9.32. The van der Waals surface area contributed by atoms with Crippen molar-refractivity contribution in [3.8, 4) is 0 Å². The predicted octanol–water partition coefficient (Wildman–Crippen LogP) is 4.42. The summed E-state index contributed by atoms with van der Waals surface area (Å²) in [5.41, 5.74) is 2.13. The average molecular weight is 481 g/mol. The number of fused-ring (bicyclic) bond motifs is 1. The van der Waals surface area contributed by atoms with Crippen LogP contribution >= 0.6 is 23.2 Å². The molecule has 2 saturated heterocycles. The lowest BCUT2D eigenvalue weighted by Gasteiger charge is -2.33. The van der Waals surface area contributed by atoms with Crippen molar-refractivity contribution in [3.05, 3.63) is 39.5 Å². The molecule has 0 radical (unpaired) electrons. The van der Waals surface area contributed by atoms with Crippen LogP contribution in [0, 0.1) is 0 Å². The molecule has 1 aromatic heterocycles. The number of halogens is 2. The molecule has 166 valence electrons. The van der Waals surface area contributed by atoms with Gasteiger partial charge in [0.1, 0.15) is 11.4 Å². The lowest BCUT2D eigenvalue weighted by Crippen LogP contribution is -2.35. The van der Waals surface area contributed by atoms with Crippen LogP contribution in [0.25, 0.3) is 0 Å². The molecule has 31 heavy (non-hydrogen) atoms. The molecule has 0 aliphatic carbocycles. The number of rotatable bonds is 4. The minimum absolute atomic E-state index is 0.302. The van der Waals surface area contributed by atoms with E-state index >= 15 is 0 Å². The molecule has 3 aliphatic rings. The highest BCUT2D eigenvalue weighted by molar-refractivity contribution is 7.91. The molecule has 1 unspecified atom stereocenters. The van der Waals surface area contributed by atoms with Gasteiger partial charge in [-0.1, -0.05) is 23.2 Å². The van der Waals surface area contributed by atoms with Crippen molar-refractivity contribution in [1.82, 2.24) is 9.97 Å². The van der Waals surface area contributed by atoms with Gasteiger partial charge >= 0.3 is 0 Å². The lowest BCUT2D eigenvalue weighted by molar-refractivity contribution is 0.0903. The Morgan fingerprint density at radius 1 is 1.03 bits per heavy atom. The van der Waals surface area contributed by atoms with Crippen molar-refractivity contribution in [2.24, 2.45) is 0 Å². The topological polar surface area (TPSA) is 73.3 Å². The maximum atomic E-state index is 12.6. The molecule has 9 heteroatoms. The van der Waals surface area contributed by atoms with Gasteiger partial charge in [0.15, 0.2) is 5.82 Å². The van der Waals surface area contributed by atoms with E-state index in [0.717, 1.165) is 80.8 Å². The molecule has 6 nitrogen and oxygen atoms in total. The van der Waals surface area contributed by atoms with Crippen LogP contribution in [-0.4, -0.2) is 52.6 Å². The number of hydrogen-bond acceptors (Lipinski definition) is 6. The minimum atomic E-state index is -1.02. The van der Waals surface area contributed by atoms with Crippen LogP contribution in [0.15, 0.2) is 23.1 Å². The van der Waals surface area contributed by atoms with Gasteiger partial charge in [-0.05, 0) is 66.5 Å². The first-order chi connectivity index (χ1) is 15.1. The van der Waals surface area contributed by atoms with Crippen LogP contribution in [0.2, 0.25) is 10.0 Å². The van der Waals surface area contributed by atoms with E-state index in [1.807, 2.05) is 12.1 Å². The van der Waals surface area contributed by atoms with Gasteiger partial charge in [-0.15, -0.1) is 0 Å². The van der Waals surface area contributed by atoms with Crippen LogP contribution in [0.1, 0.15) is 42.9 Å². The van der Waals surface area contributed by atoms with Crippen LogP contribution in [0.3, 0.4) is 0 Å². The van der Waals surface area contributed by atoms with E-state index in [-0.39, 0.29) is 0 Å². The molecular weight excluding hydrogens is 455 g/mol. The van der Waals surface area contributed by atoms with Crippen LogP contribution in [-0.2, 0) is 22.3 Å². The third-order valence-electron chi connectivity index (χ3n) is 6.37. The van der Waals surface area contributed by atoms with E-state index in [0.29, 0.717) is 27.8 Å². The zero-order chi connectivity index (χ0) is 21.4. The predicted molar refractivity (Wildman–Crippen MR) is 125 cm³/mol. The number of hydrogen-bond donors (Lipinski definition) is 1. The summed E-state index contributed by atoms with van der Waals surface area (Å²) < 4.78 is 18.1. The second-order valence-electron chi connectivity index (χ2n) is 8.44. The molecule has 0 bridgehead atoms. The number of piperidine rings is 1. The largest absolute Gasteiger partial charge is 0.611 e. The van der Waals surface area contributed by atoms with E-state index in [9.17, 15) is 4.55 Å². The highest BCUT2D eigenvalue weighted by atomic mass is 35.5. The molecule has 2 aromatic rings. The fraction of sp³-hybridized carbons (Fsp3) is 0.545. The summed E-state index contributed by atoms with van der Waals surface area (Å²) in [5.74, 6) is 2.56. The number of anilines is 2. The van der Waals surface area contributed by atoms with E-state index in [2.05, 4.69) is 10.2 Å². The van der Waals surface area contributed by atoms with Gasteiger partial charge in [-0.25, -0.2) is 4.98 Å². The highest BCUT2D eigenvalue weighted by Crippen LogP contribution is 2.36. The van der Waals surface area contributed by atoms with Crippen molar-refractivity contribution >= 4 is 46.1 Å². The van der Waals surface area contributed by atoms with Gasteiger partial charge in [-0.2, -0.15) is 4.98 Å². The van der Waals surface area contributed by atoms with Crippen molar-refractivity contribution in [2.75, 3.05) is 42.3 Å². The lowest BCUT2D eigenvalue weighted by atomic mass is 9.89. The first-order valence-electron chi connectivity index (χ1n) is 10.9. The Balaban J connectivity index is 1.34. The summed E-state index contributed by atoms with van der Waals surface area (Å²) in [4.78, 5) is 12.7. The molecule has 1 aromatic carbocycles. The number of ether oxygens (including phenoxy) is 1. The Morgan fingerprint density at radius 3 is 2.45 bits per heavy atom. The van der Waals surface area contributed by atoms with Crippen LogP contribution in [0.4, 0.5) is 11.8 Å². The van der Waals surface area contributed by atoms with Crippen LogP contribution < -0.4 is 10.2 Å². The van der Waals surface area contributed by atoms with Crippen molar-refractivity contribution in [2.45, 2.75) is 49.0 Å². The monoisotopic (exact) mass is 480 g/mol. The summed E-state index contributed by atoms with van der Waals surface area (Å²) >= 11 is 11.4. The number of aryl methyl sites for hydroxylation is 1. The van der Waals surface area contributed by atoms with Crippen molar-refractivity contribution in [3.63, 3.8) is 0 Å². The normalized spacial score (nSPS) is 22.5. The molecule has 2 fully saturated rings. The summed E-state index contributed by atoms with van der Waals surface area (Å²) in [6.45, 7) is 3.24. The summed E-state index contributed by atoms with van der Waals surface area (Å²) in [7, 11) is 0. The zero-order valence-corrected chi connectivity index (χ0v) is 19.6. The maximum Gasteiger partial charge on any atom is 0.227 e. The van der Waals surface area contributed by atoms with Gasteiger partial charge in [0, 0.05) is 48.8 Å². The number of aromatic nitrogens is 2. The van der Waals surface area contributed by atoms with Gasteiger partial charge < -0.3 is 19.5 Å². The maximum absolute atomic E-state index is 12.6. The third kappa shape index (κ3) is 4.76. The van der Waals surface area contributed by atoms with Crippen LogP contribution in [0.5, 0.6) is 0 Å². The Kier molecular flexibility index (Phi) is 6.49. The minimum Gasteiger partial charge on any atom is -0.611 e. The summed E-state index contributed by atoms with van der Waals surface area (Å²) in [6, 6.07) is 6.11. The summed E-state index contributed by atoms with van der Waals surface area (Å²) in [5, 5.41) is 4.93. The SMILES string of the molecule is [O-][S+]1CCc2nc(N3CCC(c4cc(Cl)cc(Cl)c4)CC3)nc(NC3CCOCC3)c21. The highest BCUT2D eigenvalue weighted by Gasteiger charge is 2.34. The van der Waals surface area contributed by atoms with Gasteiger partial charge in [-0.3, -0.25) is 0 Å². The van der Waals surface area contributed by atoms with E-state index in [1.165, 1.54) is 5.56 Å². The molecule has 0 saturated carbocycles. The Labute approximate surface area is 195 Å². The fourth-order valence-electron chi connectivity index (χ4n) is 4.68. The van der Waals surface area contributed by atoms with Gasteiger partial charge in [0.2, 0.25) is 10.8 Å². The molecule has 3 aliphatic heterocycles. The molecule has 1 N–H and O–H groups in total. The number of nitrogens with one attached hydrogen (secondary N) is 1. The standard InChI is InChI=1S/C22H26Cl2N4O2S/c23-16-11-15(12-17(24)13-16)14-1-6-28(7-2-14)22-26-19-5-10-31(29)20(19)21(27-22)25-18-3-8-30-9-4-18/h11-14,18H,1-10H2,(H,25,26,27). The molecule has 0 amide bonds. The third-order valence-corrected chi connectivity index (χ3v) is 8.27. The van der Waals surface area contributed by atoms with Crippen molar-refractivity contribution in [1.29, 1.82) is 0 Å². The Bertz CT molecular complexity index is 929. The Hall–Kier alpha value is -1.25. The molecule has 1 atom stereocenters. The first kappa shape index (κ1) is 21.6. The van der Waals surface area contributed by atoms with E-state index < -0.39 is 11.2 Å². The van der Waals surface area contributed by atoms with E-state index in [4.69, 9.17) is 37.9 Å². The Morgan fingerprint density at radius 2 is 1.74 bits per heavy atom. The van der Waals surface area contributed by atoms with Gasteiger partial charge in [0.25, 0.3) is 0 Å². The zero-order valence-electron chi connectivity index (χ0n) is 17.3.